The van der Waals surface area contributed by atoms with E-state index in [0.717, 1.165) is 38.9 Å². The van der Waals surface area contributed by atoms with Gasteiger partial charge in [0.1, 0.15) is 13.2 Å². The van der Waals surface area contributed by atoms with Crippen molar-refractivity contribution in [2.75, 3.05) is 6.61 Å². The molecule has 2 amide bonds. The number of alkyl carbamates (subject to hydrolysis) is 1. The largest absolute Gasteiger partial charge is 0.461 e. The zero-order valence-corrected chi connectivity index (χ0v) is 27.3. The number of hydrogen-bond acceptors (Lipinski definition) is 5. The summed E-state index contributed by atoms with van der Waals surface area (Å²) in [7, 11) is 0. The second kappa shape index (κ2) is 16.4. The molecular formula is C42H40N2O5. The third kappa shape index (κ3) is 9.23. The minimum absolute atomic E-state index is 0.00342. The zero-order valence-electron chi connectivity index (χ0n) is 27.3. The summed E-state index contributed by atoms with van der Waals surface area (Å²) in [4.78, 5) is 39.7. The van der Waals surface area contributed by atoms with E-state index in [0.29, 0.717) is 12.8 Å². The van der Waals surface area contributed by atoms with Crippen LogP contribution in [0.5, 0.6) is 0 Å². The van der Waals surface area contributed by atoms with E-state index >= 15 is 0 Å². The summed E-state index contributed by atoms with van der Waals surface area (Å²) >= 11 is 0. The van der Waals surface area contributed by atoms with E-state index in [1.54, 1.807) is 0 Å². The fourth-order valence-corrected chi connectivity index (χ4v) is 6.46. The van der Waals surface area contributed by atoms with Crippen molar-refractivity contribution in [1.29, 1.82) is 0 Å². The van der Waals surface area contributed by atoms with Gasteiger partial charge in [-0.2, -0.15) is 0 Å². The standard InChI is InChI=1S/C42H40N2O5/c45-40(43-34(25-31-16-6-2-7-17-31)27-41(46)48-28-32-18-8-3-9-19-32)26-33(24-30-14-4-1-5-15-30)44-42(47)49-29-39-37-22-12-10-20-35(37)36-21-11-13-23-38(36)39/h1-23,33-34,39H,24-29H2,(H,43,45)(H,44,47)/t33-,34-/m0/s1. The van der Waals surface area contributed by atoms with Gasteiger partial charge in [0.05, 0.1) is 6.42 Å². The Morgan fingerprint density at radius 1 is 0.531 bits per heavy atom. The van der Waals surface area contributed by atoms with Gasteiger partial charge in [0, 0.05) is 24.4 Å². The molecule has 0 radical (unpaired) electrons. The highest BCUT2D eigenvalue weighted by molar-refractivity contribution is 5.80. The first-order valence-electron chi connectivity index (χ1n) is 16.7. The maximum absolute atomic E-state index is 13.6. The van der Waals surface area contributed by atoms with Crippen LogP contribution in [0.25, 0.3) is 11.1 Å². The van der Waals surface area contributed by atoms with Crippen LogP contribution in [-0.4, -0.2) is 36.7 Å². The van der Waals surface area contributed by atoms with E-state index in [1.807, 2.05) is 115 Å². The molecule has 5 aromatic carbocycles. The number of amides is 2. The second-order valence-electron chi connectivity index (χ2n) is 12.4. The van der Waals surface area contributed by atoms with Gasteiger partial charge in [-0.3, -0.25) is 9.59 Å². The molecule has 7 heteroatoms. The number of rotatable bonds is 14. The van der Waals surface area contributed by atoms with Gasteiger partial charge in [-0.05, 0) is 51.8 Å². The molecule has 1 aliphatic carbocycles. The lowest BCUT2D eigenvalue weighted by Gasteiger charge is -2.22. The molecule has 0 aliphatic heterocycles. The lowest BCUT2D eigenvalue weighted by Crippen LogP contribution is -2.44. The van der Waals surface area contributed by atoms with Crippen LogP contribution < -0.4 is 10.6 Å². The molecular weight excluding hydrogens is 612 g/mol. The van der Waals surface area contributed by atoms with Gasteiger partial charge >= 0.3 is 12.1 Å². The number of hydrogen-bond donors (Lipinski definition) is 2. The molecule has 0 saturated heterocycles. The summed E-state index contributed by atoms with van der Waals surface area (Å²) in [6.07, 6.45) is 0.317. The van der Waals surface area contributed by atoms with Crippen LogP contribution in [0, 0.1) is 0 Å². The molecule has 0 aromatic heterocycles. The predicted octanol–water partition coefficient (Wildman–Crippen LogP) is 7.39. The number of nitrogens with one attached hydrogen (secondary N) is 2. The zero-order chi connectivity index (χ0) is 33.8. The first kappa shape index (κ1) is 33.2. The number of carbonyl (C=O) groups excluding carboxylic acids is 3. The highest BCUT2D eigenvalue weighted by atomic mass is 16.5. The molecule has 2 atom stereocenters. The first-order chi connectivity index (χ1) is 24.0. The average molecular weight is 653 g/mol. The topological polar surface area (TPSA) is 93.7 Å². The summed E-state index contributed by atoms with van der Waals surface area (Å²) in [6, 6.07) is 44.2. The van der Waals surface area contributed by atoms with E-state index in [9.17, 15) is 14.4 Å². The van der Waals surface area contributed by atoms with Crippen molar-refractivity contribution in [3.63, 3.8) is 0 Å². The van der Waals surface area contributed by atoms with E-state index in [-0.39, 0.29) is 37.9 Å². The van der Waals surface area contributed by atoms with Crippen molar-refractivity contribution in [3.8, 4) is 11.1 Å². The quantitative estimate of drug-likeness (QED) is 0.122. The highest BCUT2D eigenvalue weighted by Crippen LogP contribution is 2.44. The van der Waals surface area contributed by atoms with Crippen molar-refractivity contribution in [3.05, 3.63) is 167 Å². The van der Waals surface area contributed by atoms with Gasteiger partial charge in [-0.15, -0.1) is 0 Å². The van der Waals surface area contributed by atoms with Crippen molar-refractivity contribution in [1.82, 2.24) is 10.6 Å². The van der Waals surface area contributed by atoms with Crippen molar-refractivity contribution in [2.24, 2.45) is 0 Å². The van der Waals surface area contributed by atoms with Crippen molar-refractivity contribution in [2.45, 2.75) is 50.3 Å². The Labute approximate surface area is 287 Å². The third-order valence-corrected chi connectivity index (χ3v) is 8.77. The number of ether oxygens (including phenoxy) is 2. The number of carbonyl (C=O) groups is 3. The Kier molecular flexibility index (Phi) is 11.1. The van der Waals surface area contributed by atoms with Gasteiger partial charge in [0.2, 0.25) is 5.91 Å². The van der Waals surface area contributed by atoms with Gasteiger partial charge in [-0.1, -0.05) is 140 Å². The van der Waals surface area contributed by atoms with Crippen molar-refractivity contribution < 1.29 is 23.9 Å². The predicted molar refractivity (Wildman–Crippen MR) is 190 cm³/mol. The van der Waals surface area contributed by atoms with Gasteiger partial charge in [-0.25, -0.2) is 4.79 Å². The van der Waals surface area contributed by atoms with Gasteiger partial charge < -0.3 is 20.1 Å². The molecule has 248 valence electrons. The Balaban J connectivity index is 1.10. The third-order valence-electron chi connectivity index (χ3n) is 8.77. The molecule has 5 aromatic rings. The minimum Gasteiger partial charge on any atom is -0.461 e. The van der Waals surface area contributed by atoms with E-state index < -0.39 is 24.1 Å². The second-order valence-corrected chi connectivity index (χ2v) is 12.4. The Morgan fingerprint density at radius 3 is 1.55 bits per heavy atom. The Hall–Kier alpha value is -5.69. The molecule has 7 nitrogen and oxygen atoms in total. The van der Waals surface area contributed by atoms with Crippen LogP contribution in [-0.2, 0) is 38.5 Å². The lowest BCUT2D eigenvalue weighted by atomic mass is 9.98. The SMILES string of the molecule is O=C(C[C@H](Cc1ccccc1)NC(=O)OCC1c2ccccc2-c2ccccc21)N[C@H](CC(=O)OCc1ccccc1)Cc1ccccc1. The maximum Gasteiger partial charge on any atom is 0.407 e. The molecule has 49 heavy (non-hydrogen) atoms. The summed E-state index contributed by atoms with van der Waals surface area (Å²) in [5.41, 5.74) is 7.42. The lowest BCUT2D eigenvalue weighted by molar-refractivity contribution is -0.145. The van der Waals surface area contributed by atoms with Gasteiger partial charge in [0.25, 0.3) is 0 Å². The van der Waals surface area contributed by atoms with Crippen LogP contribution >= 0.6 is 0 Å². The van der Waals surface area contributed by atoms with E-state index in [4.69, 9.17) is 9.47 Å². The number of fused-ring (bicyclic) bond motifs is 3. The number of esters is 1. The summed E-state index contributed by atoms with van der Waals surface area (Å²) < 4.78 is 11.4. The minimum atomic E-state index is -0.582. The fourth-order valence-electron chi connectivity index (χ4n) is 6.46. The molecule has 0 saturated carbocycles. The molecule has 0 heterocycles. The smallest absolute Gasteiger partial charge is 0.407 e. The highest BCUT2D eigenvalue weighted by Gasteiger charge is 2.29. The molecule has 0 spiro atoms. The van der Waals surface area contributed by atoms with Crippen LogP contribution in [0.3, 0.4) is 0 Å². The molecule has 0 fully saturated rings. The van der Waals surface area contributed by atoms with Crippen LogP contribution in [0.2, 0.25) is 0 Å². The summed E-state index contributed by atoms with van der Waals surface area (Å²) in [5.74, 6) is -0.756. The van der Waals surface area contributed by atoms with Crippen LogP contribution in [0.4, 0.5) is 4.79 Å². The molecule has 0 bridgehead atoms. The monoisotopic (exact) mass is 652 g/mol. The van der Waals surface area contributed by atoms with Crippen LogP contribution in [0.1, 0.15) is 46.6 Å². The first-order valence-corrected chi connectivity index (χ1v) is 16.7. The average Bonchev–Trinajstić information content (AvgIpc) is 3.44. The summed E-state index contributed by atoms with van der Waals surface area (Å²) in [5, 5.41) is 6.01. The van der Waals surface area contributed by atoms with Crippen LogP contribution in [0.15, 0.2) is 140 Å². The fraction of sp³-hybridized carbons (Fsp3) is 0.214. The Morgan fingerprint density at radius 2 is 1.00 bits per heavy atom. The van der Waals surface area contributed by atoms with E-state index in [2.05, 4.69) is 34.9 Å². The van der Waals surface area contributed by atoms with E-state index in [1.165, 1.54) is 0 Å². The molecule has 0 unspecified atom stereocenters. The molecule has 6 rings (SSSR count). The maximum atomic E-state index is 13.6. The molecule has 1 aliphatic rings. The van der Waals surface area contributed by atoms with Crippen molar-refractivity contribution >= 4 is 18.0 Å². The molecule has 2 N–H and O–H groups in total. The Bertz CT molecular complexity index is 1800. The van der Waals surface area contributed by atoms with Gasteiger partial charge in [0.15, 0.2) is 0 Å². The number of benzene rings is 5. The summed E-state index contributed by atoms with van der Waals surface area (Å²) in [6.45, 7) is 0.337. The normalized spacial score (nSPS) is 13.0.